The number of fused-ring (bicyclic) bond motifs is 1. The molecule has 2 nitrogen and oxygen atoms in total. The van der Waals surface area contributed by atoms with Gasteiger partial charge in [-0.05, 0) is 35.6 Å². The van der Waals surface area contributed by atoms with Crippen molar-refractivity contribution in [3.8, 4) is 0 Å². The topological polar surface area (TPSA) is 15.3 Å². The van der Waals surface area contributed by atoms with E-state index in [4.69, 9.17) is 0 Å². The molecule has 0 spiro atoms. The molecule has 1 heterocycles. The highest BCUT2D eigenvalue weighted by molar-refractivity contribution is 5.57. The van der Waals surface area contributed by atoms with Crippen LogP contribution in [0.25, 0.3) is 0 Å². The molecule has 0 radical (unpaired) electrons. The summed E-state index contributed by atoms with van der Waals surface area (Å²) in [5, 5.41) is 3.90. The normalized spacial score (nSPS) is 20.1. The van der Waals surface area contributed by atoms with Gasteiger partial charge in [-0.1, -0.05) is 85.8 Å². The molecule has 1 aliphatic heterocycles. The van der Waals surface area contributed by atoms with E-state index in [1.165, 1.54) is 22.4 Å². The van der Waals surface area contributed by atoms with Crippen molar-refractivity contribution >= 4 is 5.69 Å². The monoisotopic (exact) mass is 356 g/mol. The van der Waals surface area contributed by atoms with Gasteiger partial charge < -0.3 is 10.2 Å². The van der Waals surface area contributed by atoms with Crippen LogP contribution in [0, 0.1) is 5.92 Å². The largest absolute Gasteiger partial charge is 0.367 e. The van der Waals surface area contributed by atoms with Crippen LogP contribution in [0.5, 0.6) is 0 Å². The molecule has 0 bridgehead atoms. The SMILES string of the molecule is CC(N[C@@H]1c2ccccc2N(Cc2ccccc2)C[C@H]1C)c1ccccc1. The first-order chi connectivity index (χ1) is 13.2. The first-order valence-electron chi connectivity index (χ1n) is 9.91. The van der Waals surface area contributed by atoms with Gasteiger partial charge in [0.1, 0.15) is 0 Å². The average molecular weight is 357 g/mol. The molecule has 2 heteroatoms. The highest BCUT2D eigenvalue weighted by atomic mass is 15.2. The second kappa shape index (κ2) is 7.98. The number of hydrogen-bond acceptors (Lipinski definition) is 2. The summed E-state index contributed by atoms with van der Waals surface area (Å²) in [6.45, 7) is 6.65. The molecule has 4 rings (SSSR count). The Hall–Kier alpha value is -2.58. The van der Waals surface area contributed by atoms with Crippen molar-refractivity contribution in [2.45, 2.75) is 32.5 Å². The zero-order valence-corrected chi connectivity index (χ0v) is 16.2. The fourth-order valence-electron chi connectivity index (χ4n) is 4.21. The van der Waals surface area contributed by atoms with Crippen LogP contribution in [0.15, 0.2) is 84.9 Å². The fraction of sp³-hybridized carbons (Fsp3) is 0.280. The van der Waals surface area contributed by atoms with Crippen LogP contribution in [-0.4, -0.2) is 6.54 Å². The van der Waals surface area contributed by atoms with Crippen LogP contribution in [-0.2, 0) is 6.54 Å². The van der Waals surface area contributed by atoms with Crippen molar-refractivity contribution in [1.82, 2.24) is 5.32 Å². The van der Waals surface area contributed by atoms with Crippen molar-refractivity contribution in [2.24, 2.45) is 5.92 Å². The maximum Gasteiger partial charge on any atom is 0.0429 e. The van der Waals surface area contributed by atoms with Gasteiger partial charge in [0, 0.05) is 30.9 Å². The summed E-state index contributed by atoms with van der Waals surface area (Å²) in [5.41, 5.74) is 5.48. The molecule has 0 amide bonds. The molecular formula is C25H28N2. The highest BCUT2D eigenvalue weighted by Gasteiger charge is 2.31. The smallest absolute Gasteiger partial charge is 0.0429 e. The molecule has 138 valence electrons. The van der Waals surface area contributed by atoms with E-state index in [1.807, 2.05) is 0 Å². The lowest BCUT2D eigenvalue weighted by Crippen LogP contribution is -2.42. The van der Waals surface area contributed by atoms with Crippen molar-refractivity contribution in [3.05, 3.63) is 102 Å². The second-order valence-corrected chi connectivity index (χ2v) is 7.68. The first-order valence-corrected chi connectivity index (χ1v) is 9.91. The average Bonchev–Trinajstić information content (AvgIpc) is 2.72. The van der Waals surface area contributed by atoms with E-state index < -0.39 is 0 Å². The van der Waals surface area contributed by atoms with Crippen molar-refractivity contribution < 1.29 is 0 Å². The van der Waals surface area contributed by atoms with Gasteiger partial charge in [0.05, 0.1) is 0 Å². The van der Waals surface area contributed by atoms with E-state index in [0.29, 0.717) is 18.0 Å². The lowest BCUT2D eigenvalue weighted by atomic mass is 9.87. The Balaban J connectivity index is 1.59. The molecular weight excluding hydrogens is 328 g/mol. The summed E-state index contributed by atoms with van der Waals surface area (Å²) in [7, 11) is 0. The predicted molar refractivity (Wildman–Crippen MR) is 114 cm³/mol. The van der Waals surface area contributed by atoms with Gasteiger partial charge in [0.25, 0.3) is 0 Å². The molecule has 3 aromatic carbocycles. The number of anilines is 1. The van der Waals surface area contributed by atoms with Gasteiger partial charge in [-0.15, -0.1) is 0 Å². The van der Waals surface area contributed by atoms with Crippen LogP contribution < -0.4 is 10.2 Å². The number of benzene rings is 3. The minimum atomic E-state index is 0.326. The molecule has 1 N–H and O–H groups in total. The van der Waals surface area contributed by atoms with Gasteiger partial charge in [0.2, 0.25) is 0 Å². The van der Waals surface area contributed by atoms with Crippen molar-refractivity contribution in [2.75, 3.05) is 11.4 Å². The summed E-state index contributed by atoms with van der Waals surface area (Å²) in [5.74, 6) is 0.537. The Labute approximate surface area is 162 Å². The Morgan fingerprint density at radius 2 is 1.52 bits per heavy atom. The van der Waals surface area contributed by atoms with Crippen molar-refractivity contribution in [3.63, 3.8) is 0 Å². The number of nitrogens with one attached hydrogen (secondary N) is 1. The molecule has 1 unspecified atom stereocenters. The van der Waals surface area contributed by atoms with E-state index in [9.17, 15) is 0 Å². The zero-order chi connectivity index (χ0) is 18.6. The standard InChI is InChI=1S/C25H28N2/c1-19-17-27(18-21-11-5-3-6-12-21)24-16-10-9-15-23(24)25(19)26-20(2)22-13-7-4-8-14-22/h3-16,19-20,25-26H,17-18H2,1-2H3/t19-,20?,25+/m1/s1. The minimum Gasteiger partial charge on any atom is -0.367 e. The Bertz CT molecular complexity index is 860. The van der Waals surface area contributed by atoms with Crippen LogP contribution >= 0.6 is 0 Å². The molecule has 0 aromatic heterocycles. The first kappa shape index (κ1) is 17.8. The van der Waals surface area contributed by atoms with Crippen LogP contribution in [0.3, 0.4) is 0 Å². The van der Waals surface area contributed by atoms with E-state index in [0.717, 1.165) is 13.1 Å². The fourth-order valence-corrected chi connectivity index (χ4v) is 4.21. The third kappa shape index (κ3) is 3.91. The molecule has 0 saturated carbocycles. The number of hydrogen-bond donors (Lipinski definition) is 1. The molecule has 3 aromatic rings. The maximum absolute atomic E-state index is 3.90. The number of rotatable bonds is 5. The third-order valence-electron chi connectivity index (χ3n) is 5.64. The van der Waals surface area contributed by atoms with E-state index in [-0.39, 0.29) is 0 Å². The Morgan fingerprint density at radius 1 is 0.889 bits per heavy atom. The quantitative estimate of drug-likeness (QED) is 0.627. The Kier molecular flexibility index (Phi) is 5.26. The molecule has 0 saturated heterocycles. The van der Waals surface area contributed by atoms with Gasteiger partial charge in [-0.2, -0.15) is 0 Å². The number of nitrogens with zero attached hydrogens (tertiary/aromatic N) is 1. The molecule has 3 atom stereocenters. The van der Waals surface area contributed by atoms with Crippen molar-refractivity contribution in [1.29, 1.82) is 0 Å². The van der Waals surface area contributed by atoms with Gasteiger partial charge >= 0.3 is 0 Å². The van der Waals surface area contributed by atoms with Crippen LogP contribution in [0.1, 0.15) is 42.6 Å². The second-order valence-electron chi connectivity index (χ2n) is 7.68. The van der Waals surface area contributed by atoms with Gasteiger partial charge in [0.15, 0.2) is 0 Å². The zero-order valence-electron chi connectivity index (χ0n) is 16.2. The summed E-state index contributed by atoms with van der Waals surface area (Å²) in [6.07, 6.45) is 0. The van der Waals surface area contributed by atoms with E-state index >= 15 is 0 Å². The maximum atomic E-state index is 3.90. The lowest BCUT2D eigenvalue weighted by Gasteiger charge is -2.41. The van der Waals surface area contributed by atoms with Gasteiger partial charge in [-0.25, -0.2) is 0 Å². The molecule has 27 heavy (non-hydrogen) atoms. The third-order valence-corrected chi connectivity index (χ3v) is 5.64. The minimum absolute atomic E-state index is 0.326. The Morgan fingerprint density at radius 3 is 2.26 bits per heavy atom. The lowest BCUT2D eigenvalue weighted by molar-refractivity contribution is 0.339. The molecule has 1 aliphatic rings. The summed E-state index contributed by atoms with van der Waals surface area (Å²) >= 11 is 0. The van der Waals surface area contributed by atoms with Gasteiger partial charge in [-0.3, -0.25) is 0 Å². The van der Waals surface area contributed by atoms with Crippen LogP contribution in [0.2, 0.25) is 0 Å². The molecule has 0 aliphatic carbocycles. The highest BCUT2D eigenvalue weighted by Crippen LogP contribution is 2.38. The number of para-hydroxylation sites is 1. The predicted octanol–water partition coefficient (Wildman–Crippen LogP) is 5.73. The summed E-state index contributed by atoms with van der Waals surface area (Å²) in [4.78, 5) is 2.53. The summed E-state index contributed by atoms with van der Waals surface area (Å²) in [6, 6.07) is 31.1. The van der Waals surface area contributed by atoms with Crippen LogP contribution in [0.4, 0.5) is 5.69 Å². The van der Waals surface area contributed by atoms with E-state index in [2.05, 4.69) is 109 Å². The van der Waals surface area contributed by atoms with E-state index in [1.54, 1.807) is 0 Å². The summed E-state index contributed by atoms with van der Waals surface area (Å²) < 4.78 is 0. The molecule has 0 fully saturated rings.